The second-order valence-corrected chi connectivity index (χ2v) is 3.77. The molecule has 10 heavy (non-hydrogen) atoms. The minimum atomic E-state index is 0. The van der Waals surface area contributed by atoms with Crippen LogP contribution in [0.4, 0.5) is 0 Å². The quantitative estimate of drug-likeness (QED) is 0.455. The van der Waals surface area contributed by atoms with Gasteiger partial charge in [0.1, 0.15) is 0 Å². The van der Waals surface area contributed by atoms with Gasteiger partial charge in [-0.1, -0.05) is 13.8 Å². The van der Waals surface area contributed by atoms with Crippen molar-refractivity contribution >= 4 is 12.4 Å². The molecule has 1 rings (SSSR count). The SMILES string of the molecule is CC1(C)CCC(NN)C1.Cl. The van der Waals surface area contributed by atoms with E-state index in [0.717, 1.165) is 0 Å². The molecule has 0 aromatic heterocycles. The van der Waals surface area contributed by atoms with Crippen LogP contribution >= 0.6 is 12.4 Å². The van der Waals surface area contributed by atoms with Gasteiger partial charge in [0.25, 0.3) is 0 Å². The van der Waals surface area contributed by atoms with Crippen molar-refractivity contribution in [3.63, 3.8) is 0 Å². The number of nitrogens with two attached hydrogens (primary N) is 1. The Balaban J connectivity index is 0.000000810. The predicted molar refractivity (Wildman–Crippen MR) is 46.0 cm³/mol. The van der Waals surface area contributed by atoms with E-state index in [1.807, 2.05) is 0 Å². The Labute approximate surface area is 68.9 Å². The van der Waals surface area contributed by atoms with Crippen molar-refractivity contribution in [1.82, 2.24) is 5.43 Å². The molecule has 3 heteroatoms. The second-order valence-electron chi connectivity index (χ2n) is 3.77. The molecule has 1 fully saturated rings. The van der Waals surface area contributed by atoms with Crippen LogP contribution in [0.3, 0.4) is 0 Å². The fourth-order valence-electron chi connectivity index (χ4n) is 1.58. The highest BCUT2D eigenvalue weighted by molar-refractivity contribution is 5.85. The molecule has 0 spiro atoms. The lowest BCUT2D eigenvalue weighted by molar-refractivity contribution is 0.366. The van der Waals surface area contributed by atoms with Gasteiger partial charge < -0.3 is 0 Å². The fourth-order valence-corrected chi connectivity index (χ4v) is 1.58. The van der Waals surface area contributed by atoms with Gasteiger partial charge in [0.2, 0.25) is 0 Å². The molecule has 1 unspecified atom stereocenters. The zero-order valence-electron chi connectivity index (χ0n) is 6.68. The molecule has 0 aromatic rings. The summed E-state index contributed by atoms with van der Waals surface area (Å²) in [6, 6.07) is 0.569. The minimum Gasteiger partial charge on any atom is -0.271 e. The molecule has 0 heterocycles. The molecule has 0 aromatic carbocycles. The molecule has 0 radical (unpaired) electrons. The Morgan fingerprint density at radius 2 is 2.10 bits per heavy atom. The maximum atomic E-state index is 5.30. The standard InChI is InChI=1S/C7H16N2.ClH/c1-7(2)4-3-6(5-7)9-8;/h6,9H,3-5,8H2,1-2H3;1H. The highest BCUT2D eigenvalue weighted by atomic mass is 35.5. The summed E-state index contributed by atoms with van der Waals surface area (Å²) >= 11 is 0. The van der Waals surface area contributed by atoms with Gasteiger partial charge in [-0.05, 0) is 24.7 Å². The molecule has 2 nitrogen and oxygen atoms in total. The lowest BCUT2D eigenvalue weighted by atomic mass is 9.92. The Hall–Kier alpha value is 0.210. The first kappa shape index (κ1) is 10.2. The molecular formula is C7H17ClN2. The van der Waals surface area contributed by atoms with E-state index >= 15 is 0 Å². The van der Waals surface area contributed by atoms with Crippen LogP contribution < -0.4 is 11.3 Å². The number of hydrogen-bond acceptors (Lipinski definition) is 2. The lowest BCUT2D eigenvalue weighted by Gasteiger charge is -2.16. The van der Waals surface area contributed by atoms with Gasteiger partial charge in [-0.15, -0.1) is 12.4 Å². The van der Waals surface area contributed by atoms with Gasteiger partial charge in [0, 0.05) is 6.04 Å². The van der Waals surface area contributed by atoms with Crippen LogP contribution in [0.15, 0.2) is 0 Å². The van der Waals surface area contributed by atoms with Gasteiger partial charge >= 0.3 is 0 Å². The van der Waals surface area contributed by atoms with Crippen molar-refractivity contribution in [3.05, 3.63) is 0 Å². The van der Waals surface area contributed by atoms with Crippen molar-refractivity contribution in [2.24, 2.45) is 11.3 Å². The maximum Gasteiger partial charge on any atom is 0.0215 e. The van der Waals surface area contributed by atoms with Crippen molar-refractivity contribution in [1.29, 1.82) is 0 Å². The van der Waals surface area contributed by atoms with Crippen molar-refractivity contribution in [3.8, 4) is 0 Å². The summed E-state index contributed by atoms with van der Waals surface area (Å²) in [5.74, 6) is 5.30. The van der Waals surface area contributed by atoms with Gasteiger partial charge in [-0.25, -0.2) is 0 Å². The monoisotopic (exact) mass is 164 g/mol. The molecule has 1 atom stereocenters. The van der Waals surface area contributed by atoms with Crippen molar-refractivity contribution < 1.29 is 0 Å². The van der Waals surface area contributed by atoms with Crippen LogP contribution in [0.25, 0.3) is 0 Å². The Bertz CT molecular complexity index is 104. The third-order valence-electron chi connectivity index (χ3n) is 2.20. The van der Waals surface area contributed by atoms with E-state index in [0.29, 0.717) is 11.5 Å². The Morgan fingerprint density at radius 3 is 2.30 bits per heavy atom. The van der Waals surface area contributed by atoms with Gasteiger partial charge in [-0.3, -0.25) is 11.3 Å². The van der Waals surface area contributed by atoms with E-state index in [9.17, 15) is 0 Å². The summed E-state index contributed by atoms with van der Waals surface area (Å²) in [4.78, 5) is 0. The molecule has 0 bridgehead atoms. The van der Waals surface area contributed by atoms with Crippen LogP contribution in [0.2, 0.25) is 0 Å². The van der Waals surface area contributed by atoms with Crippen LogP contribution in [0.1, 0.15) is 33.1 Å². The molecule has 1 aliphatic carbocycles. The maximum absolute atomic E-state index is 5.30. The van der Waals surface area contributed by atoms with Gasteiger partial charge in [-0.2, -0.15) is 0 Å². The Morgan fingerprint density at radius 1 is 1.50 bits per heavy atom. The topological polar surface area (TPSA) is 38.0 Å². The summed E-state index contributed by atoms with van der Waals surface area (Å²) in [5.41, 5.74) is 3.34. The third-order valence-corrected chi connectivity index (χ3v) is 2.20. The second kappa shape index (κ2) is 3.56. The molecule has 62 valence electrons. The van der Waals surface area contributed by atoms with Crippen LogP contribution in [0, 0.1) is 5.41 Å². The number of halogens is 1. The summed E-state index contributed by atoms with van der Waals surface area (Å²) in [6.45, 7) is 4.59. The summed E-state index contributed by atoms with van der Waals surface area (Å²) in [6.07, 6.45) is 3.77. The normalized spacial score (nSPS) is 29.7. The average molecular weight is 165 g/mol. The van der Waals surface area contributed by atoms with Gasteiger partial charge in [0.05, 0.1) is 0 Å². The molecule has 3 N–H and O–H groups in total. The molecule has 1 saturated carbocycles. The van der Waals surface area contributed by atoms with E-state index in [2.05, 4.69) is 19.3 Å². The summed E-state index contributed by atoms with van der Waals surface area (Å²) in [7, 11) is 0. The van der Waals surface area contributed by atoms with E-state index < -0.39 is 0 Å². The zero-order chi connectivity index (χ0) is 6.91. The molecular weight excluding hydrogens is 148 g/mol. The molecule has 0 aliphatic heterocycles. The molecule has 0 amide bonds. The number of hydrazine groups is 1. The highest BCUT2D eigenvalue weighted by Crippen LogP contribution is 2.36. The smallest absolute Gasteiger partial charge is 0.0215 e. The predicted octanol–water partition coefficient (Wildman–Crippen LogP) is 1.45. The average Bonchev–Trinajstić information content (AvgIpc) is 2.10. The highest BCUT2D eigenvalue weighted by Gasteiger charge is 2.29. The molecule has 0 saturated heterocycles. The van der Waals surface area contributed by atoms with Crippen molar-refractivity contribution in [2.45, 2.75) is 39.2 Å². The van der Waals surface area contributed by atoms with Gasteiger partial charge in [0.15, 0.2) is 0 Å². The first-order valence-corrected chi connectivity index (χ1v) is 3.60. The zero-order valence-corrected chi connectivity index (χ0v) is 7.50. The largest absolute Gasteiger partial charge is 0.271 e. The van der Waals surface area contributed by atoms with Crippen LogP contribution in [-0.4, -0.2) is 6.04 Å². The van der Waals surface area contributed by atoms with Crippen LogP contribution in [0.5, 0.6) is 0 Å². The third kappa shape index (κ3) is 2.45. The first-order chi connectivity index (χ1) is 4.14. The summed E-state index contributed by atoms with van der Waals surface area (Å²) in [5, 5.41) is 0. The first-order valence-electron chi connectivity index (χ1n) is 3.60. The van der Waals surface area contributed by atoms with E-state index in [1.165, 1.54) is 19.3 Å². The van der Waals surface area contributed by atoms with E-state index in [-0.39, 0.29) is 12.4 Å². The Kier molecular flexibility index (Phi) is 3.63. The number of hydrogen-bond donors (Lipinski definition) is 2. The summed E-state index contributed by atoms with van der Waals surface area (Å²) < 4.78 is 0. The molecule has 1 aliphatic rings. The lowest BCUT2D eigenvalue weighted by Crippen LogP contribution is -2.33. The van der Waals surface area contributed by atoms with E-state index in [4.69, 9.17) is 5.84 Å². The minimum absolute atomic E-state index is 0. The van der Waals surface area contributed by atoms with Crippen molar-refractivity contribution in [2.75, 3.05) is 0 Å². The van der Waals surface area contributed by atoms with E-state index in [1.54, 1.807) is 0 Å². The number of rotatable bonds is 1. The van der Waals surface area contributed by atoms with Crippen LogP contribution in [-0.2, 0) is 0 Å². The fraction of sp³-hybridized carbons (Fsp3) is 1.00. The number of nitrogens with one attached hydrogen (secondary N) is 1.